The molecule has 0 bridgehead atoms. The van der Waals surface area contributed by atoms with Crippen LogP contribution in [0.1, 0.15) is 18.1 Å². The number of ether oxygens (including phenoxy) is 1. The molecule has 0 unspecified atom stereocenters. The van der Waals surface area contributed by atoms with Crippen LogP contribution in [0.5, 0.6) is 5.75 Å². The third-order valence-corrected chi connectivity index (χ3v) is 5.70. The fraction of sp³-hybridized carbons (Fsp3) is 0.111. The first kappa shape index (κ1) is 22.4. The molecule has 0 aliphatic heterocycles. The van der Waals surface area contributed by atoms with Crippen LogP contribution in [0.15, 0.2) is 89.0 Å². The molecule has 6 heteroatoms. The van der Waals surface area contributed by atoms with E-state index < -0.39 is 5.91 Å². The summed E-state index contributed by atoms with van der Waals surface area (Å²) in [6.07, 6.45) is 3.62. The first-order valence-electron chi connectivity index (χ1n) is 10.6. The number of nitriles is 1. The van der Waals surface area contributed by atoms with Gasteiger partial charge in [-0.2, -0.15) is 5.26 Å². The van der Waals surface area contributed by atoms with E-state index in [1.807, 2.05) is 55.6 Å². The van der Waals surface area contributed by atoms with Gasteiger partial charge < -0.3 is 14.6 Å². The van der Waals surface area contributed by atoms with Crippen LogP contribution in [0.4, 0.5) is 5.69 Å². The molecule has 1 amide bonds. The van der Waals surface area contributed by atoms with E-state index in [0.717, 1.165) is 32.3 Å². The van der Waals surface area contributed by atoms with Crippen molar-refractivity contribution in [1.82, 2.24) is 4.57 Å². The fourth-order valence-corrected chi connectivity index (χ4v) is 3.88. The number of carbonyl (C=O) groups excluding carboxylic acids is 1. The maximum absolute atomic E-state index is 12.8. The fourth-order valence-electron chi connectivity index (χ4n) is 3.61. The molecule has 0 saturated heterocycles. The first-order chi connectivity index (χ1) is 16.1. The maximum atomic E-state index is 12.8. The Hall–Kier alpha value is -3.82. The zero-order valence-corrected chi connectivity index (χ0v) is 19.7. The summed E-state index contributed by atoms with van der Waals surface area (Å²) in [5.74, 6) is 0.275. The van der Waals surface area contributed by atoms with Crippen LogP contribution in [-0.2, 0) is 11.3 Å². The number of rotatable bonds is 7. The molecule has 0 saturated carbocycles. The summed E-state index contributed by atoms with van der Waals surface area (Å²) in [5, 5.41) is 13.4. The van der Waals surface area contributed by atoms with Gasteiger partial charge in [0.05, 0.1) is 6.61 Å². The zero-order valence-electron chi connectivity index (χ0n) is 18.1. The molecule has 1 heterocycles. The number of halogens is 1. The Kier molecular flexibility index (Phi) is 6.92. The molecule has 0 fully saturated rings. The molecule has 4 rings (SSSR count). The second-order valence-electron chi connectivity index (χ2n) is 7.44. The van der Waals surface area contributed by atoms with Gasteiger partial charge in [-0.05, 0) is 61.0 Å². The predicted molar refractivity (Wildman–Crippen MR) is 135 cm³/mol. The van der Waals surface area contributed by atoms with Gasteiger partial charge in [0.25, 0.3) is 5.91 Å². The van der Waals surface area contributed by atoms with Crippen molar-refractivity contribution in [1.29, 1.82) is 5.26 Å². The molecule has 0 radical (unpaired) electrons. The third-order valence-electron chi connectivity index (χ3n) is 5.17. The van der Waals surface area contributed by atoms with E-state index in [0.29, 0.717) is 18.8 Å². The second kappa shape index (κ2) is 10.2. The van der Waals surface area contributed by atoms with Crippen LogP contribution in [0.3, 0.4) is 0 Å². The lowest BCUT2D eigenvalue weighted by atomic mass is 10.1. The summed E-state index contributed by atoms with van der Waals surface area (Å²) < 4.78 is 8.58. The number of fused-ring (bicyclic) bond motifs is 1. The van der Waals surface area contributed by atoms with Crippen molar-refractivity contribution in [2.75, 3.05) is 11.9 Å². The summed E-state index contributed by atoms with van der Waals surface area (Å²) in [7, 11) is 0. The number of hydrogen-bond acceptors (Lipinski definition) is 3. The average molecular weight is 500 g/mol. The van der Waals surface area contributed by atoms with Crippen molar-refractivity contribution in [3.8, 4) is 11.8 Å². The van der Waals surface area contributed by atoms with Gasteiger partial charge in [-0.15, -0.1) is 0 Å². The Bertz CT molecular complexity index is 1350. The molecule has 5 nitrogen and oxygen atoms in total. The van der Waals surface area contributed by atoms with Crippen LogP contribution in [0.2, 0.25) is 0 Å². The Morgan fingerprint density at radius 3 is 2.52 bits per heavy atom. The van der Waals surface area contributed by atoms with Crippen molar-refractivity contribution in [2.45, 2.75) is 13.5 Å². The van der Waals surface area contributed by atoms with Gasteiger partial charge in [-0.3, -0.25) is 4.79 Å². The van der Waals surface area contributed by atoms with Crippen molar-refractivity contribution >= 4 is 44.5 Å². The standard InChI is InChI=1S/C27H22BrN3O2/c1-2-33-24-13-11-23(12-14-24)30-27(32)20(16-29)15-21-18-31(26-6-4-3-5-25(21)26)17-19-7-9-22(28)10-8-19/h3-15,18H,2,17H2,1H3,(H,30,32)/b20-15+. The summed E-state index contributed by atoms with van der Waals surface area (Å²) >= 11 is 3.47. The molecule has 0 aliphatic rings. The molecule has 3 aromatic carbocycles. The van der Waals surface area contributed by atoms with Crippen LogP contribution in [0.25, 0.3) is 17.0 Å². The lowest BCUT2D eigenvalue weighted by Gasteiger charge is -2.06. The number of aromatic nitrogens is 1. The van der Waals surface area contributed by atoms with Crippen molar-refractivity contribution in [2.24, 2.45) is 0 Å². The number of hydrogen-bond donors (Lipinski definition) is 1. The summed E-state index contributed by atoms with van der Waals surface area (Å²) in [6, 6.07) is 25.3. The van der Waals surface area contributed by atoms with E-state index in [-0.39, 0.29) is 5.57 Å². The average Bonchev–Trinajstić information content (AvgIpc) is 3.17. The van der Waals surface area contributed by atoms with E-state index in [4.69, 9.17) is 4.74 Å². The molecule has 164 valence electrons. The van der Waals surface area contributed by atoms with Gasteiger partial charge in [-0.25, -0.2) is 0 Å². The SMILES string of the molecule is CCOc1ccc(NC(=O)/C(C#N)=C/c2cn(Cc3ccc(Br)cc3)c3ccccc23)cc1. The van der Waals surface area contributed by atoms with Crippen molar-refractivity contribution < 1.29 is 9.53 Å². The molecule has 4 aromatic rings. The van der Waals surface area contributed by atoms with Crippen LogP contribution < -0.4 is 10.1 Å². The van der Waals surface area contributed by atoms with Gasteiger partial charge in [0, 0.05) is 39.4 Å². The third kappa shape index (κ3) is 5.33. The van der Waals surface area contributed by atoms with E-state index in [1.54, 1.807) is 30.3 Å². The number of anilines is 1. The Labute approximate surface area is 201 Å². The highest BCUT2D eigenvalue weighted by atomic mass is 79.9. The minimum Gasteiger partial charge on any atom is -0.494 e. The number of para-hydroxylation sites is 1. The molecule has 1 N–H and O–H groups in total. The topological polar surface area (TPSA) is 67.0 Å². The second-order valence-corrected chi connectivity index (χ2v) is 8.35. The van der Waals surface area contributed by atoms with Gasteiger partial charge >= 0.3 is 0 Å². The van der Waals surface area contributed by atoms with Crippen LogP contribution in [0, 0.1) is 11.3 Å². The molecule has 0 atom stereocenters. The highest BCUT2D eigenvalue weighted by Gasteiger charge is 2.13. The first-order valence-corrected chi connectivity index (χ1v) is 11.3. The monoisotopic (exact) mass is 499 g/mol. The molecule has 0 aliphatic carbocycles. The Morgan fingerprint density at radius 1 is 1.09 bits per heavy atom. The number of nitrogens with one attached hydrogen (secondary N) is 1. The minimum atomic E-state index is -0.452. The number of nitrogens with zero attached hydrogens (tertiary/aromatic N) is 2. The van der Waals surface area contributed by atoms with Crippen molar-refractivity contribution in [3.63, 3.8) is 0 Å². The quantitative estimate of drug-likeness (QED) is 0.236. The molecule has 0 spiro atoms. The Balaban J connectivity index is 1.61. The highest BCUT2D eigenvalue weighted by Crippen LogP contribution is 2.25. The van der Waals surface area contributed by atoms with E-state index in [2.05, 4.69) is 37.9 Å². The zero-order chi connectivity index (χ0) is 23.2. The van der Waals surface area contributed by atoms with Crippen LogP contribution in [-0.4, -0.2) is 17.1 Å². The van der Waals surface area contributed by atoms with Gasteiger partial charge in [-0.1, -0.05) is 46.3 Å². The predicted octanol–water partition coefficient (Wildman–Crippen LogP) is 6.40. The number of benzene rings is 3. The van der Waals surface area contributed by atoms with E-state index in [9.17, 15) is 10.1 Å². The van der Waals surface area contributed by atoms with Gasteiger partial charge in [0.2, 0.25) is 0 Å². The summed E-state index contributed by atoms with van der Waals surface area (Å²) in [4.78, 5) is 12.8. The minimum absolute atomic E-state index is 0.0374. The normalized spacial score (nSPS) is 11.2. The van der Waals surface area contributed by atoms with Crippen molar-refractivity contribution in [3.05, 3.63) is 100 Å². The van der Waals surface area contributed by atoms with E-state index >= 15 is 0 Å². The lowest BCUT2D eigenvalue weighted by molar-refractivity contribution is -0.112. The van der Waals surface area contributed by atoms with Gasteiger partial charge in [0.15, 0.2) is 0 Å². The molecular weight excluding hydrogens is 478 g/mol. The Morgan fingerprint density at radius 2 is 1.82 bits per heavy atom. The summed E-state index contributed by atoms with van der Waals surface area (Å²) in [6.45, 7) is 3.17. The largest absolute Gasteiger partial charge is 0.494 e. The lowest BCUT2D eigenvalue weighted by Crippen LogP contribution is -2.13. The number of amides is 1. The summed E-state index contributed by atoms with van der Waals surface area (Å²) in [5.41, 5.74) is 3.65. The van der Waals surface area contributed by atoms with E-state index in [1.165, 1.54) is 0 Å². The molecule has 1 aromatic heterocycles. The van der Waals surface area contributed by atoms with Crippen LogP contribution >= 0.6 is 15.9 Å². The highest BCUT2D eigenvalue weighted by molar-refractivity contribution is 9.10. The number of carbonyl (C=O) groups is 1. The smallest absolute Gasteiger partial charge is 0.266 e. The maximum Gasteiger partial charge on any atom is 0.266 e. The van der Waals surface area contributed by atoms with Gasteiger partial charge in [0.1, 0.15) is 17.4 Å². The molecule has 33 heavy (non-hydrogen) atoms. The molecular formula is C27H22BrN3O2.